The molecule has 28 heavy (non-hydrogen) atoms. The fraction of sp³-hybridized carbons (Fsp3) is 0.118. The van der Waals surface area contributed by atoms with Gasteiger partial charge in [0.1, 0.15) is 0 Å². The summed E-state index contributed by atoms with van der Waals surface area (Å²) < 4.78 is 26.8. The minimum atomic E-state index is -3.72. The van der Waals surface area contributed by atoms with Gasteiger partial charge < -0.3 is 5.32 Å². The van der Waals surface area contributed by atoms with Crippen molar-refractivity contribution in [2.75, 3.05) is 17.7 Å². The molecule has 11 heteroatoms. The summed E-state index contributed by atoms with van der Waals surface area (Å²) in [5.74, 6) is -0.775. The molecule has 3 N–H and O–H groups in total. The molecule has 0 radical (unpaired) electrons. The number of thiazole rings is 1. The van der Waals surface area contributed by atoms with Gasteiger partial charge in [-0.3, -0.25) is 14.9 Å². The van der Waals surface area contributed by atoms with Crippen molar-refractivity contribution in [2.24, 2.45) is 0 Å². The van der Waals surface area contributed by atoms with E-state index in [1.54, 1.807) is 18.2 Å². The number of aromatic nitrogens is 1. The third-order valence-electron chi connectivity index (χ3n) is 3.69. The summed E-state index contributed by atoms with van der Waals surface area (Å²) in [6.45, 7) is 1.41. The Morgan fingerprint density at radius 1 is 1.11 bits per heavy atom. The summed E-state index contributed by atoms with van der Waals surface area (Å²) in [5, 5.41) is 5.74. The molecule has 1 aromatic heterocycles. The van der Waals surface area contributed by atoms with E-state index < -0.39 is 15.9 Å². The number of benzene rings is 2. The van der Waals surface area contributed by atoms with Crippen LogP contribution in [0.2, 0.25) is 5.02 Å². The van der Waals surface area contributed by atoms with Gasteiger partial charge in [0.25, 0.3) is 5.91 Å². The van der Waals surface area contributed by atoms with Gasteiger partial charge in [0.05, 0.1) is 25.7 Å². The number of hydrogen-bond acceptors (Lipinski definition) is 6. The third kappa shape index (κ3) is 4.30. The van der Waals surface area contributed by atoms with Gasteiger partial charge in [-0.2, -0.15) is 0 Å². The number of nitrogens with one attached hydrogen (secondary N) is 3. The number of carbonyl (C=O) groups excluding carboxylic acids is 2. The van der Waals surface area contributed by atoms with Crippen LogP contribution in [0.15, 0.2) is 41.3 Å². The zero-order valence-corrected chi connectivity index (χ0v) is 17.1. The van der Waals surface area contributed by atoms with E-state index >= 15 is 0 Å². The molecule has 3 aromatic rings. The van der Waals surface area contributed by atoms with Gasteiger partial charge in [-0.15, -0.1) is 0 Å². The zero-order chi connectivity index (χ0) is 20.5. The molecular formula is C17H15ClN4O4S2. The fourth-order valence-electron chi connectivity index (χ4n) is 2.39. The van der Waals surface area contributed by atoms with E-state index in [4.69, 9.17) is 11.6 Å². The second kappa shape index (κ2) is 7.84. The average molecular weight is 439 g/mol. The number of halogens is 1. The molecule has 8 nitrogen and oxygen atoms in total. The molecular weight excluding hydrogens is 424 g/mol. The summed E-state index contributed by atoms with van der Waals surface area (Å²) in [4.78, 5) is 28.0. The maximum absolute atomic E-state index is 12.6. The molecule has 3 rings (SSSR count). The minimum Gasteiger partial charge on any atom is -0.326 e. The molecule has 0 spiro atoms. The lowest BCUT2D eigenvalue weighted by Gasteiger charge is -2.07. The Kier molecular flexibility index (Phi) is 5.66. The molecule has 0 unspecified atom stereocenters. The first-order valence-electron chi connectivity index (χ1n) is 7.92. The molecule has 2 aromatic carbocycles. The fourth-order valence-corrected chi connectivity index (χ4v) is 4.25. The Hall–Kier alpha value is -2.53. The Morgan fingerprint density at radius 3 is 2.54 bits per heavy atom. The van der Waals surface area contributed by atoms with Crippen LogP contribution in [0.4, 0.5) is 10.8 Å². The predicted molar refractivity (Wildman–Crippen MR) is 110 cm³/mol. The van der Waals surface area contributed by atoms with Crippen molar-refractivity contribution in [2.45, 2.75) is 11.8 Å². The summed E-state index contributed by atoms with van der Waals surface area (Å²) in [6, 6.07) is 9.03. The van der Waals surface area contributed by atoms with Crippen molar-refractivity contribution in [1.29, 1.82) is 0 Å². The molecule has 0 aliphatic rings. The van der Waals surface area contributed by atoms with Gasteiger partial charge >= 0.3 is 0 Å². The molecule has 1 heterocycles. The monoisotopic (exact) mass is 438 g/mol. The van der Waals surface area contributed by atoms with Gasteiger partial charge in [0, 0.05) is 12.6 Å². The Morgan fingerprint density at radius 2 is 1.86 bits per heavy atom. The lowest BCUT2D eigenvalue weighted by Crippen LogP contribution is -2.20. The van der Waals surface area contributed by atoms with Crippen LogP contribution in [0.1, 0.15) is 17.3 Å². The van der Waals surface area contributed by atoms with Crippen molar-refractivity contribution in [3.63, 3.8) is 0 Å². The maximum atomic E-state index is 12.6. The topological polar surface area (TPSA) is 117 Å². The van der Waals surface area contributed by atoms with Crippen LogP contribution >= 0.6 is 22.9 Å². The highest BCUT2D eigenvalue weighted by Gasteiger charge is 2.18. The number of anilines is 2. The second-order valence-corrected chi connectivity index (χ2v) is 9.01. The van der Waals surface area contributed by atoms with Crippen LogP contribution in [0.25, 0.3) is 10.2 Å². The van der Waals surface area contributed by atoms with Gasteiger partial charge in [0.2, 0.25) is 15.9 Å². The molecule has 0 bridgehead atoms. The van der Waals surface area contributed by atoms with E-state index in [1.807, 2.05) is 0 Å². The van der Waals surface area contributed by atoms with Crippen molar-refractivity contribution >= 4 is 65.8 Å². The standard InChI is InChI=1S/C17H15ClN4O4S2/c1-9(23)20-10-3-6-14-15(7-10)27-17(21-14)22-16(24)12-8-11(4-5-13(12)18)28(25,26)19-2/h3-8,19H,1-2H3,(H,20,23)(H,21,22,24). The SMILES string of the molecule is CNS(=O)(=O)c1ccc(Cl)c(C(=O)Nc2nc3ccc(NC(C)=O)cc3s2)c1. The Balaban J connectivity index is 1.88. The highest BCUT2D eigenvalue weighted by atomic mass is 35.5. The number of rotatable bonds is 5. The number of sulfonamides is 1. The van der Waals surface area contributed by atoms with Crippen LogP contribution < -0.4 is 15.4 Å². The molecule has 0 saturated carbocycles. The van der Waals surface area contributed by atoms with Gasteiger partial charge in [-0.25, -0.2) is 18.1 Å². The molecule has 146 valence electrons. The normalized spacial score (nSPS) is 11.4. The third-order valence-corrected chi connectivity index (χ3v) is 6.37. The van der Waals surface area contributed by atoms with E-state index in [0.29, 0.717) is 16.3 Å². The number of nitrogens with zero attached hydrogens (tertiary/aromatic N) is 1. The molecule has 0 aliphatic heterocycles. The van der Waals surface area contributed by atoms with Gasteiger partial charge in [-0.1, -0.05) is 22.9 Å². The number of fused-ring (bicyclic) bond motifs is 1. The highest BCUT2D eigenvalue weighted by molar-refractivity contribution is 7.89. The lowest BCUT2D eigenvalue weighted by molar-refractivity contribution is -0.114. The summed E-state index contributed by atoms with van der Waals surface area (Å²) in [7, 11) is -2.44. The minimum absolute atomic E-state index is 0.0104. The number of hydrogen-bond donors (Lipinski definition) is 3. The van der Waals surface area contributed by atoms with E-state index in [9.17, 15) is 18.0 Å². The van der Waals surface area contributed by atoms with E-state index in [2.05, 4.69) is 20.3 Å². The van der Waals surface area contributed by atoms with Crippen LogP contribution in [0.3, 0.4) is 0 Å². The number of carbonyl (C=O) groups is 2. The van der Waals surface area contributed by atoms with Crippen molar-refractivity contribution < 1.29 is 18.0 Å². The molecule has 0 aliphatic carbocycles. The van der Waals surface area contributed by atoms with E-state index in [-0.39, 0.29) is 21.4 Å². The molecule has 2 amide bonds. The van der Waals surface area contributed by atoms with Crippen LogP contribution in [0, 0.1) is 0 Å². The highest BCUT2D eigenvalue weighted by Crippen LogP contribution is 2.29. The van der Waals surface area contributed by atoms with E-state index in [0.717, 1.165) is 4.70 Å². The second-order valence-electron chi connectivity index (χ2n) is 5.69. The predicted octanol–water partition coefficient (Wildman–Crippen LogP) is 3.07. The van der Waals surface area contributed by atoms with Gasteiger partial charge in [-0.05, 0) is 43.4 Å². The summed E-state index contributed by atoms with van der Waals surface area (Å²) in [6.07, 6.45) is 0. The zero-order valence-electron chi connectivity index (χ0n) is 14.7. The van der Waals surface area contributed by atoms with Crippen molar-refractivity contribution in [3.8, 4) is 0 Å². The van der Waals surface area contributed by atoms with Crippen LogP contribution in [-0.2, 0) is 14.8 Å². The first-order chi connectivity index (χ1) is 13.2. The van der Waals surface area contributed by atoms with Gasteiger partial charge in [0.15, 0.2) is 5.13 Å². The maximum Gasteiger partial charge on any atom is 0.259 e. The first kappa shape index (κ1) is 20.2. The lowest BCUT2D eigenvalue weighted by atomic mass is 10.2. The average Bonchev–Trinajstić information content (AvgIpc) is 3.02. The Bertz CT molecular complexity index is 1190. The van der Waals surface area contributed by atoms with E-state index in [1.165, 1.54) is 43.5 Å². The first-order valence-corrected chi connectivity index (χ1v) is 10.6. The summed E-state index contributed by atoms with van der Waals surface area (Å²) in [5.41, 5.74) is 1.28. The smallest absolute Gasteiger partial charge is 0.259 e. The summed E-state index contributed by atoms with van der Waals surface area (Å²) >= 11 is 7.28. The van der Waals surface area contributed by atoms with Crippen molar-refractivity contribution in [3.05, 3.63) is 47.0 Å². The molecule has 0 atom stereocenters. The molecule has 0 fully saturated rings. The van der Waals surface area contributed by atoms with Crippen molar-refractivity contribution in [1.82, 2.24) is 9.71 Å². The quantitative estimate of drug-likeness (QED) is 0.565. The number of amides is 2. The Labute approximate surface area is 170 Å². The van der Waals surface area contributed by atoms with Crippen LogP contribution in [-0.4, -0.2) is 32.3 Å². The largest absolute Gasteiger partial charge is 0.326 e. The molecule has 0 saturated heterocycles. The van der Waals surface area contributed by atoms with Crippen LogP contribution in [0.5, 0.6) is 0 Å².